The Bertz CT molecular complexity index is 1280. The molecule has 1 aliphatic rings. The van der Waals surface area contributed by atoms with E-state index in [1.54, 1.807) is 6.92 Å². The average Bonchev–Trinajstić information content (AvgIpc) is 3.37. The Labute approximate surface area is 241 Å². The van der Waals surface area contributed by atoms with Gasteiger partial charge in [0.1, 0.15) is 0 Å². The molecule has 0 spiro atoms. The number of hydrogen-bond donors (Lipinski definition) is 1. The van der Waals surface area contributed by atoms with Crippen molar-refractivity contribution >= 4 is 23.3 Å². The van der Waals surface area contributed by atoms with Gasteiger partial charge in [0.05, 0.1) is 17.7 Å². The molecule has 1 saturated heterocycles. The van der Waals surface area contributed by atoms with Crippen molar-refractivity contribution in [2.45, 2.75) is 58.2 Å². The largest absolute Gasteiger partial charge is 2.00 e. The van der Waals surface area contributed by atoms with Crippen LogP contribution in [0, 0.1) is 5.92 Å². The van der Waals surface area contributed by atoms with Gasteiger partial charge in [0.2, 0.25) is 0 Å². The number of aliphatic carboxylic acids is 1. The van der Waals surface area contributed by atoms with Gasteiger partial charge in [-0.05, 0) is 49.8 Å². The molecule has 0 aliphatic carbocycles. The number of nitrogens with zero attached hydrogens (tertiary/aromatic N) is 3. The number of carboxylic acid groups (broad SMARTS) is 1. The number of aliphatic imine (C=N–C) groups is 1. The number of hydrogen-bond acceptors (Lipinski definition) is 4. The molecule has 1 amide bonds. The number of carbonyl (C=O) groups excluding carboxylic acids is 1. The molecule has 3 aromatic rings. The normalized spacial score (nSPS) is 17.3. The average molecular weight is 569 g/mol. The van der Waals surface area contributed by atoms with Crippen molar-refractivity contribution in [3.05, 3.63) is 107 Å². The molecule has 3 aromatic carbocycles. The number of benzene rings is 3. The van der Waals surface area contributed by atoms with Gasteiger partial charge < -0.3 is 15.2 Å². The number of amides is 1. The standard InChI is InChI=1S/C32H37N3O3.Ni/c1-23(2)21-32(3,31(37)38)34-29(25-15-8-5-9-16-25)26-17-10-11-18-27(26)33-30(36)28-19-12-20-35(28)22-24-13-6-4-7-14-24;/h4-11,13-18,23,28H,12,19-22H2,1-3H3,(H2,33,34,36,37,38);/q;+2/p-1/t28?,32-;/m0./s1. The summed E-state index contributed by atoms with van der Waals surface area (Å²) >= 11 is 0. The van der Waals surface area contributed by atoms with Gasteiger partial charge in [0.15, 0.2) is 5.54 Å². The summed E-state index contributed by atoms with van der Waals surface area (Å²) in [7, 11) is 0. The fraction of sp³-hybridized carbons (Fsp3) is 0.344. The molecule has 0 aromatic heterocycles. The van der Waals surface area contributed by atoms with Crippen LogP contribution < -0.4 is 0 Å². The molecular weight excluding hydrogens is 533 g/mol. The summed E-state index contributed by atoms with van der Waals surface area (Å²) < 4.78 is 0. The van der Waals surface area contributed by atoms with E-state index in [1.807, 2.05) is 86.6 Å². The molecule has 1 N–H and O–H groups in total. The predicted octanol–water partition coefficient (Wildman–Crippen LogP) is 6.61. The molecule has 4 rings (SSSR count). The van der Waals surface area contributed by atoms with Crippen molar-refractivity contribution in [2.24, 2.45) is 10.9 Å². The van der Waals surface area contributed by atoms with Crippen molar-refractivity contribution in [2.75, 3.05) is 6.54 Å². The maximum atomic E-state index is 13.5. The number of carbonyl (C=O) groups is 2. The van der Waals surface area contributed by atoms with E-state index in [2.05, 4.69) is 22.3 Å². The Morgan fingerprint density at radius 3 is 2.26 bits per heavy atom. The van der Waals surface area contributed by atoms with E-state index < -0.39 is 11.5 Å². The Kier molecular flexibility index (Phi) is 10.6. The van der Waals surface area contributed by atoms with Crippen LogP contribution in [-0.2, 0) is 32.6 Å². The first-order valence-electron chi connectivity index (χ1n) is 13.3. The number of para-hydroxylation sites is 1. The maximum absolute atomic E-state index is 13.5. The molecule has 39 heavy (non-hydrogen) atoms. The molecule has 206 valence electrons. The quantitative estimate of drug-likeness (QED) is 0.220. The van der Waals surface area contributed by atoms with Crippen LogP contribution in [0.3, 0.4) is 0 Å². The monoisotopic (exact) mass is 568 g/mol. The number of rotatable bonds is 10. The smallest absolute Gasteiger partial charge is 0.625 e. The predicted molar refractivity (Wildman–Crippen MR) is 152 cm³/mol. The van der Waals surface area contributed by atoms with Gasteiger partial charge in [0.25, 0.3) is 0 Å². The molecule has 1 unspecified atom stereocenters. The van der Waals surface area contributed by atoms with Crippen molar-refractivity contribution in [1.82, 2.24) is 4.90 Å². The van der Waals surface area contributed by atoms with Gasteiger partial charge in [-0.1, -0.05) is 98.8 Å². The minimum atomic E-state index is -1.33. The Balaban J connectivity index is 0.00000420. The number of carboxylic acids is 1. The van der Waals surface area contributed by atoms with Crippen LogP contribution in [-0.4, -0.2) is 45.7 Å². The van der Waals surface area contributed by atoms with Crippen LogP contribution >= 0.6 is 0 Å². The topological polar surface area (TPSA) is 84.1 Å². The van der Waals surface area contributed by atoms with E-state index in [4.69, 9.17) is 4.99 Å². The fourth-order valence-electron chi connectivity index (χ4n) is 5.18. The summed E-state index contributed by atoms with van der Waals surface area (Å²) in [6, 6.07) is 26.8. The zero-order chi connectivity index (χ0) is 27.1. The molecule has 7 heteroatoms. The van der Waals surface area contributed by atoms with Gasteiger partial charge in [0, 0.05) is 12.1 Å². The van der Waals surface area contributed by atoms with Gasteiger partial charge in [-0.2, -0.15) is 0 Å². The minimum absolute atomic E-state index is 0. The van der Waals surface area contributed by atoms with E-state index in [0.29, 0.717) is 29.9 Å². The second-order valence-electron chi connectivity index (χ2n) is 10.6. The molecule has 0 bridgehead atoms. The first kappa shape index (κ1) is 30.3. The zero-order valence-corrected chi connectivity index (χ0v) is 23.7. The Morgan fingerprint density at radius 1 is 1.00 bits per heavy atom. The van der Waals surface area contributed by atoms with Crippen LogP contribution in [0.15, 0.2) is 89.9 Å². The molecule has 1 fully saturated rings. The molecule has 0 saturated carbocycles. The zero-order valence-electron chi connectivity index (χ0n) is 22.7. The van der Waals surface area contributed by atoms with Crippen molar-refractivity contribution in [3.63, 3.8) is 0 Å². The summed E-state index contributed by atoms with van der Waals surface area (Å²) in [4.78, 5) is 33.0. The summed E-state index contributed by atoms with van der Waals surface area (Å²) in [5, 5.41) is 14.7. The van der Waals surface area contributed by atoms with Gasteiger partial charge in [-0.25, -0.2) is 4.79 Å². The van der Waals surface area contributed by atoms with Crippen LogP contribution in [0.25, 0.3) is 5.32 Å². The van der Waals surface area contributed by atoms with Gasteiger partial charge in [-0.3, -0.25) is 9.89 Å². The van der Waals surface area contributed by atoms with Crippen LogP contribution in [0.1, 0.15) is 56.7 Å². The van der Waals surface area contributed by atoms with Crippen LogP contribution in [0.2, 0.25) is 0 Å². The van der Waals surface area contributed by atoms with Crippen molar-refractivity contribution in [3.8, 4) is 0 Å². The van der Waals surface area contributed by atoms with E-state index in [0.717, 1.165) is 24.9 Å². The summed E-state index contributed by atoms with van der Waals surface area (Å²) in [5.41, 5.74) is 2.30. The molecule has 0 radical (unpaired) electrons. The first-order chi connectivity index (χ1) is 18.3. The molecule has 2 atom stereocenters. The second kappa shape index (κ2) is 13.7. The summed E-state index contributed by atoms with van der Waals surface area (Å²) in [5.74, 6) is -1.02. The minimum Gasteiger partial charge on any atom is -0.625 e. The first-order valence-corrected chi connectivity index (χ1v) is 13.3. The maximum Gasteiger partial charge on any atom is 2.00 e. The molecule has 6 nitrogen and oxygen atoms in total. The third-order valence-corrected chi connectivity index (χ3v) is 6.94. The SMILES string of the molecule is CC(C)C[C@](C)(N=C(c1ccccc1)c1ccccc1[N-]C(=O)C1CCCN1Cc1ccccc1)C(=O)O.[Ni+2]. The van der Waals surface area contributed by atoms with E-state index in [1.165, 1.54) is 5.56 Å². The number of likely N-dealkylation sites (tertiary alicyclic amines) is 1. The summed E-state index contributed by atoms with van der Waals surface area (Å²) in [6.45, 7) is 7.19. The van der Waals surface area contributed by atoms with E-state index >= 15 is 0 Å². The van der Waals surface area contributed by atoms with Gasteiger partial charge >= 0.3 is 22.5 Å². The van der Waals surface area contributed by atoms with E-state index in [9.17, 15) is 14.7 Å². The van der Waals surface area contributed by atoms with E-state index in [-0.39, 0.29) is 34.4 Å². The Morgan fingerprint density at radius 2 is 1.62 bits per heavy atom. The van der Waals surface area contributed by atoms with Crippen molar-refractivity contribution < 1.29 is 31.2 Å². The third kappa shape index (κ3) is 7.65. The Hall–Kier alpha value is -3.28. The molecular formula is C32H36N3NiO3+. The van der Waals surface area contributed by atoms with Crippen LogP contribution in [0.5, 0.6) is 0 Å². The molecule has 1 aliphatic heterocycles. The molecule has 1 heterocycles. The third-order valence-electron chi connectivity index (χ3n) is 6.94. The second-order valence-corrected chi connectivity index (χ2v) is 10.6. The van der Waals surface area contributed by atoms with Crippen LogP contribution in [0.4, 0.5) is 5.69 Å². The van der Waals surface area contributed by atoms with Crippen molar-refractivity contribution in [1.29, 1.82) is 0 Å². The van der Waals surface area contributed by atoms with Gasteiger partial charge in [-0.15, -0.1) is 5.69 Å². The fourth-order valence-corrected chi connectivity index (χ4v) is 5.18. The summed E-state index contributed by atoms with van der Waals surface area (Å²) in [6.07, 6.45) is 2.10.